The van der Waals surface area contributed by atoms with Crippen LogP contribution in [0.5, 0.6) is 0 Å². The summed E-state index contributed by atoms with van der Waals surface area (Å²) in [6.45, 7) is 3.85. The quantitative estimate of drug-likeness (QED) is 0.891. The third kappa shape index (κ3) is 2.92. The second kappa shape index (κ2) is 5.55. The van der Waals surface area contributed by atoms with Gasteiger partial charge in [-0.05, 0) is 38.1 Å². The van der Waals surface area contributed by atoms with Crippen molar-refractivity contribution >= 4 is 11.8 Å². The van der Waals surface area contributed by atoms with Crippen molar-refractivity contribution in [1.82, 2.24) is 0 Å². The lowest BCUT2D eigenvalue weighted by molar-refractivity contribution is 0.585. The van der Waals surface area contributed by atoms with E-state index < -0.39 is 0 Å². The summed E-state index contributed by atoms with van der Waals surface area (Å²) >= 11 is 1.55. The van der Waals surface area contributed by atoms with E-state index in [1.54, 1.807) is 24.8 Å². The van der Waals surface area contributed by atoms with Crippen LogP contribution in [0, 0.1) is 12.7 Å². The standard InChI is InChI=1S/C15H16FNS/c1-10-6-8-12(9-7-10)18-14-5-3-4-13(16)15(14)11(2)17/h3-9,11H,17H2,1-2H3. The number of aryl methyl sites for hydroxylation is 1. The van der Waals surface area contributed by atoms with Crippen molar-refractivity contribution in [3.8, 4) is 0 Å². The van der Waals surface area contributed by atoms with E-state index in [0.29, 0.717) is 5.56 Å². The highest BCUT2D eigenvalue weighted by Crippen LogP contribution is 2.34. The summed E-state index contributed by atoms with van der Waals surface area (Å²) in [7, 11) is 0. The van der Waals surface area contributed by atoms with E-state index in [-0.39, 0.29) is 11.9 Å². The van der Waals surface area contributed by atoms with Gasteiger partial charge in [0, 0.05) is 21.4 Å². The highest BCUT2D eigenvalue weighted by molar-refractivity contribution is 7.99. The molecule has 0 saturated heterocycles. The van der Waals surface area contributed by atoms with Gasteiger partial charge >= 0.3 is 0 Å². The first-order chi connectivity index (χ1) is 8.58. The molecule has 1 unspecified atom stereocenters. The average molecular weight is 261 g/mol. The molecule has 2 aromatic carbocycles. The lowest BCUT2D eigenvalue weighted by atomic mass is 10.1. The van der Waals surface area contributed by atoms with Crippen LogP contribution in [0.2, 0.25) is 0 Å². The van der Waals surface area contributed by atoms with Gasteiger partial charge in [-0.3, -0.25) is 0 Å². The van der Waals surface area contributed by atoms with E-state index in [0.717, 1.165) is 9.79 Å². The number of halogens is 1. The molecule has 0 radical (unpaired) electrons. The van der Waals surface area contributed by atoms with Crippen LogP contribution in [-0.4, -0.2) is 0 Å². The SMILES string of the molecule is Cc1ccc(Sc2cccc(F)c2C(C)N)cc1. The Morgan fingerprint density at radius 3 is 2.39 bits per heavy atom. The first-order valence-corrected chi connectivity index (χ1v) is 6.68. The molecule has 18 heavy (non-hydrogen) atoms. The van der Waals surface area contributed by atoms with Crippen LogP contribution in [0.25, 0.3) is 0 Å². The first-order valence-electron chi connectivity index (χ1n) is 5.86. The van der Waals surface area contributed by atoms with Gasteiger partial charge in [-0.15, -0.1) is 0 Å². The number of rotatable bonds is 3. The number of nitrogens with two attached hydrogens (primary N) is 1. The fraction of sp³-hybridized carbons (Fsp3) is 0.200. The molecule has 3 heteroatoms. The summed E-state index contributed by atoms with van der Waals surface area (Å²) in [5, 5.41) is 0. The molecular weight excluding hydrogens is 245 g/mol. The van der Waals surface area contributed by atoms with Gasteiger partial charge in [0.25, 0.3) is 0 Å². The van der Waals surface area contributed by atoms with Crippen molar-refractivity contribution < 1.29 is 4.39 Å². The Kier molecular flexibility index (Phi) is 4.04. The van der Waals surface area contributed by atoms with Crippen LogP contribution in [0.4, 0.5) is 4.39 Å². The molecule has 0 heterocycles. The fourth-order valence-corrected chi connectivity index (χ4v) is 2.85. The summed E-state index contributed by atoms with van der Waals surface area (Å²) in [6, 6.07) is 13.0. The van der Waals surface area contributed by atoms with E-state index in [2.05, 4.69) is 0 Å². The van der Waals surface area contributed by atoms with E-state index in [1.165, 1.54) is 11.6 Å². The van der Waals surface area contributed by atoms with Gasteiger partial charge in [0.15, 0.2) is 0 Å². The van der Waals surface area contributed by atoms with Crippen molar-refractivity contribution in [2.24, 2.45) is 5.73 Å². The van der Waals surface area contributed by atoms with E-state index in [1.807, 2.05) is 37.3 Å². The second-order valence-corrected chi connectivity index (χ2v) is 5.47. The number of hydrogen-bond acceptors (Lipinski definition) is 2. The monoisotopic (exact) mass is 261 g/mol. The maximum Gasteiger partial charge on any atom is 0.129 e. The molecular formula is C15H16FNS. The van der Waals surface area contributed by atoms with Crippen LogP contribution >= 0.6 is 11.8 Å². The van der Waals surface area contributed by atoms with Gasteiger partial charge in [0.2, 0.25) is 0 Å². The second-order valence-electron chi connectivity index (χ2n) is 4.36. The van der Waals surface area contributed by atoms with Gasteiger partial charge in [0.05, 0.1) is 0 Å². The molecule has 0 aliphatic rings. The first kappa shape index (κ1) is 13.1. The minimum absolute atomic E-state index is 0.234. The van der Waals surface area contributed by atoms with Crippen LogP contribution in [0.15, 0.2) is 52.3 Å². The lowest BCUT2D eigenvalue weighted by Crippen LogP contribution is -2.08. The minimum atomic E-state index is -0.306. The zero-order chi connectivity index (χ0) is 13.1. The number of benzene rings is 2. The highest BCUT2D eigenvalue weighted by atomic mass is 32.2. The molecule has 0 aliphatic heterocycles. The lowest BCUT2D eigenvalue weighted by Gasteiger charge is -2.13. The van der Waals surface area contributed by atoms with Gasteiger partial charge in [-0.25, -0.2) is 4.39 Å². The molecule has 94 valence electrons. The van der Waals surface area contributed by atoms with Crippen molar-refractivity contribution in [2.45, 2.75) is 29.7 Å². The smallest absolute Gasteiger partial charge is 0.129 e. The molecule has 2 aromatic rings. The summed E-state index contributed by atoms with van der Waals surface area (Å²) in [5.74, 6) is -0.234. The Balaban J connectivity index is 2.34. The van der Waals surface area contributed by atoms with Crippen LogP contribution < -0.4 is 5.73 Å². The largest absolute Gasteiger partial charge is 0.324 e. The van der Waals surface area contributed by atoms with Crippen LogP contribution in [0.1, 0.15) is 24.1 Å². The topological polar surface area (TPSA) is 26.0 Å². The molecule has 0 fully saturated rings. The zero-order valence-electron chi connectivity index (χ0n) is 10.5. The molecule has 0 spiro atoms. The fourth-order valence-electron chi connectivity index (χ4n) is 1.78. The Bertz CT molecular complexity index is 535. The maximum absolute atomic E-state index is 13.8. The molecule has 0 aliphatic carbocycles. The third-order valence-corrected chi connectivity index (χ3v) is 3.80. The zero-order valence-corrected chi connectivity index (χ0v) is 11.3. The average Bonchev–Trinajstić information content (AvgIpc) is 2.32. The van der Waals surface area contributed by atoms with Gasteiger partial charge < -0.3 is 5.73 Å². The van der Waals surface area contributed by atoms with Gasteiger partial charge in [-0.1, -0.05) is 35.5 Å². The van der Waals surface area contributed by atoms with E-state index in [9.17, 15) is 4.39 Å². The third-order valence-electron chi connectivity index (χ3n) is 2.72. The summed E-state index contributed by atoms with van der Waals surface area (Å²) < 4.78 is 13.8. The van der Waals surface area contributed by atoms with Crippen molar-refractivity contribution in [3.05, 3.63) is 59.4 Å². The molecule has 0 amide bonds. The Hall–Kier alpha value is -1.32. The number of hydrogen-bond donors (Lipinski definition) is 1. The summed E-state index contributed by atoms with van der Waals surface area (Å²) in [5.41, 5.74) is 7.64. The molecule has 0 saturated carbocycles. The van der Waals surface area contributed by atoms with Crippen LogP contribution in [0.3, 0.4) is 0 Å². The van der Waals surface area contributed by atoms with Crippen LogP contribution in [-0.2, 0) is 0 Å². The minimum Gasteiger partial charge on any atom is -0.324 e. The molecule has 0 aromatic heterocycles. The highest BCUT2D eigenvalue weighted by Gasteiger charge is 2.13. The predicted octanol–water partition coefficient (Wildman–Crippen LogP) is 4.31. The Labute approximate surface area is 111 Å². The van der Waals surface area contributed by atoms with Gasteiger partial charge in [-0.2, -0.15) is 0 Å². The molecule has 2 N–H and O–H groups in total. The van der Waals surface area contributed by atoms with Gasteiger partial charge in [0.1, 0.15) is 5.82 Å². The van der Waals surface area contributed by atoms with E-state index >= 15 is 0 Å². The van der Waals surface area contributed by atoms with Crippen molar-refractivity contribution in [1.29, 1.82) is 0 Å². The Morgan fingerprint density at radius 1 is 1.11 bits per heavy atom. The molecule has 1 nitrogen and oxygen atoms in total. The molecule has 1 atom stereocenters. The molecule has 2 rings (SSSR count). The Morgan fingerprint density at radius 2 is 1.78 bits per heavy atom. The van der Waals surface area contributed by atoms with Crippen molar-refractivity contribution in [2.75, 3.05) is 0 Å². The summed E-state index contributed by atoms with van der Waals surface area (Å²) in [6.07, 6.45) is 0. The molecule has 0 bridgehead atoms. The van der Waals surface area contributed by atoms with Crippen molar-refractivity contribution in [3.63, 3.8) is 0 Å². The maximum atomic E-state index is 13.8. The normalized spacial score (nSPS) is 12.4. The van der Waals surface area contributed by atoms with E-state index in [4.69, 9.17) is 5.73 Å². The summed E-state index contributed by atoms with van der Waals surface area (Å²) in [4.78, 5) is 1.97. The predicted molar refractivity (Wildman–Crippen MR) is 74.3 cm³/mol.